The Bertz CT molecular complexity index is 19.7. The number of hydrogen-bond donors (Lipinski definition) is 0. The molecule has 7 heavy (non-hydrogen) atoms. The van der Waals surface area contributed by atoms with Crippen molar-refractivity contribution in [2.75, 3.05) is 0 Å². The molecule has 0 amide bonds. The standard InChI is InChI=1S/C6H12.Hg/c1-2-4-6-5-3-1;/h1-6H2;. The normalized spacial score (nSPS) is 20.6. The minimum atomic E-state index is 0. The summed E-state index contributed by atoms with van der Waals surface area (Å²) in [5, 5.41) is 0. The van der Waals surface area contributed by atoms with Gasteiger partial charge >= 0.3 is 0 Å². The Morgan fingerprint density at radius 1 is 0.429 bits per heavy atom. The summed E-state index contributed by atoms with van der Waals surface area (Å²) in [7, 11) is 0. The van der Waals surface area contributed by atoms with E-state index in [4.69, 9.17) is 0 Å². The van der Waals surface area contributed by atoms with Crippen LogP contribution in [0.25, 0.3) is 0 Å². The van der Waals surface area contributed by atoms with Gasteiger partial charge in [-0.2, -0.15) is 0 Å². The summed E-state index contributed by atoms with van der Waals surface area (Å²) in [6.07, 6.45) is 9.00. The molecule has 0 aromatic rings. The molecule has 1 aliphatic rings. The largest absolute Gasteiger partial charge is 0.0533 e. The van der Waals surface area contributed by atoms with Crippen molar-refractivity contribution in [3.63, 3.8) is 0 Å². The predicted octanol–water partition coefficient (Wildman–Crippen LogP) is 2.34. The summed E-state index contributed by atoms with van der Waals surface area (Å²) in [5.74, 6) is 0. The fourth-order valence-electron chi connectivity index (χ4n) is 1.06. The zero-order chi connectivity index (χ0) is 4.24. The zero-order valence-electron chi connectivity index (χ0n) is 4.95. The van der Waals surface area contributed by atoms with E-state index in [0.717, 1.165) is 0 Å². The van der Waals surface area contributed by atoms with Crippen molar-refractivity contribution in [3.8, 4) is 0 Å². The third-order valence-electron chi connectivity index (χ3n) is 1.50. The van der Waals surface area contributed by atoms with Crippen molar-refractivity contribution in [1.29, 1.82) is 0 Å². The second kappa shape index (κ2) is 5.08. The average Bonchev–Trinajstić information content (AvgIpc) is 1.72. The van der Waals surface area contributed by atoms with E-state index in [1.165, 1.54) is 38.5 Å². The van der Waals surface area contributed by atoms with Gasteiger partial charge in [-0.3, -0.25) is 0 Å². The molecular weight excluding hydrogens is 273 g/mol. The maximum absolute atomic E-state index is 1.50. The molecule has 0 spiro atoms. The van der Waals surface area contributed by atoms with Crippen LogP contribution in [0, 0.1) is 0 Å². The maximum Gasteiger partial charge on any atom is 0 e. The van der Waals surface area contributed by atoms with Gasteiger partial charge in [-0.1, -0.05) is 38.5 Å². The van der Waals surface area contributed by atoms with Crippen molar-refractivity contribution >= 4 is 0 Å². The molecule has 0 heterocycles. The second-order valence-corrected chi connectivity index (χ2v) is 2.12. The minimum Gasteiger partial charge on any atom is -0.0533 e. The van der Waals surface area contributed by atoms with Crippen molar-refractivity contribution in [2.45, 2.75) is 38.5 Å². The topological polar surface area (TPSA) is 0 Å². The van der Waals surface area contributed by atoms with Crippen LogP contribution in [-0.4, -0.2) is 0 Å². The summed E-state index contributed by atoms with van der Waals surface area (Å²) >= 11 is 0. The fraction of sp³-hybridized carbons (Fsp3) is 1.00. The van der Waals surface area contributed by atoms with Gasteiger partial charge in [0, 0.05) is 27.7 Å². The first-order valence-electron chi connectivity index (χ1n) is 3.00. The van der Waals surface area contributed by atoms with Gasteiger partial charge in [0.2, 0.25) is 0 Å². The smallest absolute Gasteiger partial charge is 0 e. The van der Waals surface area contributed by atoms with E-state index in [1.807, 2.05) is 0 Å². The Morgan fingerprint density at radius 3 is 0.714 bits per heavy atom. The fourth-order valence-corrected chi connectivity index (χ4v) is 1.06. The van der Waals surface area contributed by atoms with Crippen LogP contribution in [0.5, 0.6) is 0 Å². The Morgan fingerprint density at radius 2 is 0.571 bits per heavy atom. The van der Waals surface area contributed by atoms with Gasteiger partial charge in [0.05, 0.1) is 0 Å². The van der Waals surface area contributed by atoms with Crippen LogP contribution < -0.4 is 0 Å². The Labute approximate surface area is 66.2 Å². The third-order valence-corrected chi connectivity index (χ3v) is 1.50. The molecule has 0 aromatic heterocycles. The summed E-state index contributed by atoms with van der Waals surface area (Å²) in [6, 6.07) is 0. The molecule has 0 radical (unpaired) electrons. The molecule has 1 heteroatoms. The molecule has 0 atom stereocenters. The van der Waals surface area contributed by atoms with Crippen molar-refractivity contribution in [2.24, 2.45) is 0 Å². The molecule has 1 rings (SSSR count). The monoisotopic (exact) mass is 286 g/mol. The molecule has 0 bridgehead atoms. The van der Waals surface area contributed by atoms with Crippen LogP contribution in [0.4, 0.5) is 0 Å². The maximum atomic E-state index is 1.50. The van der Waals surface area contributed by atoms with E-state index in [-0.39, 0.29) is 27.7 Å². The zero-order valence-corrected chi connectivity index (χ0v) is 10.4. The van der Waals surface area contributed by atoms with E-state index in [9.17, 15) is 0 Å². The van der Waals surface area contributed by atoms with Crippen LogP contribution in [0.1, 0.15) is 38.5 Å². The number of hydrogen-bond acceptors (Lipinski definition) is 0. The average molecular weight is 285 g/mol. The molecule has 1 aliphatic carbocycles. The van der Waals surface area contributed by atoms with Crippen molar-refractivity contribution < 1.29 is 27.7 Å². The summed E-state index contributed by atoms with van der Waals surface area (Å²) < 4.78 is 0. The molecule has 0 saturated heterocycles. The SMILES string of the molecule is C1CCCCC1.[Hg]. The Kier molecular flexibility index (Phi) is 5.76. The molecule has 38 valence electrons. The van der Waals surface area contributed by atoms with Gasteiger partial charge in [0.15, 0.2) is 0 Å². The van der Waals surface area contributed by atoms with Gasteiger partial charge < -0.3 is 0 Å². The molecule has 1 saturated carbocycles. The van der Waals surface area contributed by atoms with E-state index >= 15 is 0 Å². The van der Waals surface area contributed by atoms with E-state index < -0.39 is 0 Å². The van der Waals surface area contributed by atoms with E-state index in [2.05, 4.69) is 0 Å². The first kappa shape index (κ1) is 7.94. The first-order valence-corrected chi connectivity index (χ1v) is 3.00. The van der Waals surface area contributed by atoms with Crippen LogP contribution in [-0.2, 0) is 27.7 Å². The molecular formula is C6H12Hg. The van der Waals surface area contributed by atoms with Gasteiger partial charge in [0.25, 0.3) is 0 Å². The summed E-state index contributed by atoms with van der Waals surface area (Å²) in [6.45, 7) is 0. The predicted molar refractivity (Wildman–Crippen MR) is 27.7 cm³/mol. The quantitative estimate of drug-likeness (QED) is 0.599. The van der Waals surface area contributed by atoms with Crippen molar-refractivity contribution in [3.05, 3.63) is 0 Å². The summed E-state index contributed by atoms with van der Waals surface area (Å²) in [5.41, 5.74) is 0. The van der Waals surface area contributed by atoms with Crippen LogP contribution in [0.15, 0.2) is 0 Å². The van der Waals surface area contributed by atoms with Gasteiger partial charge in [-0.15, -0.1) is 0 Å². The first-order chi connectivity index (χ1) is 3.00. The van der Waals surface area contributed by atoms with Gasteiger partial charge in [-0.25, -0.2) is 0 Å². The molecule has 1 fully saturated rings. The number of rotatable bonds is 0. The molecule has 0 aromatic carbocycles. The van der Waals surface area contributed by atoms with Crippen LogP contribution in [0.2, 0.25) is 0 Å². The molecule has 0 N–H and O–H groups in total. The minimum absolute atomic E-state index is 0. The second-order valence-electron chi connectivity index (χ2n) is 2.12. The van der Waals surface area contributed by atoms with Gasteiger partial charge in [-0.05, 0) is 0 Å². The van der Waals surface area contributed by atoms with E-state index in [0.29, 0.717) is 0 Å². The van der Waals surface area contributed by atoms with Crippen LogP contribution in [0.3, 0.4) is 0 Å². The van der Waals surface area contributed by atoms with Gasteiger partial charge in [0.1, 0.15) is 0 Å². The molecule has 0 nitrogen and oxygen atoms in total. The third kappa shape index (κ3) is 3.51. The summed E-state index contributed by atoms with van der Waals surface area (Å²) in [4.78, 5) is 0. The van der Waals surface area contributed by atoms with Crippen LogP contribution >= 0.6 is 0 Å². The molecule has 0 unspecified atom stereocenters. The van der Waals surface area contributed by atoms with E-state index in [1.54, 1.807) is 0 Å². The Hall–Kier alpha value is 0.935. The molecule has 0 aliphatic heterocycles. The van der Waals surface area contributed by atoms with Crippen molar-refractivity contribution in [1.82, 2.24) is 0 Å². The Balaban J connectivity index is 0.000000360.